The highest BCUT2D eigenvalue weighted by Crippen LogP contribution is 2.46. The number of rotatable bonds is 4. The fourth-order valence-electron chi connectivity index (χ4n) is 3.65. The second-order valence-corrected chi connectivity index (χ2v) is 6.43. The molecule has 2 aliphatic rings. The molecule has 0 saturated heterocycles. The third-order valence-electron chi connectivity index (χ3n) is 4.60. The lowest BCUT2D eigenvalue weighted by Gasteiger charge is -2.19. The first-order valence-corrected chi connectivity index (χ1v) is 8.37. The van der Waals surface area contributed by atoms with Gasteiger partial charge in [0, 0.05) is 49.9 Å². The normalized spacial score (nSPS) is 19.8. The van der Waals surface area contributed by atoms with Gasteiger partial charge in [-0.05, 0) is 23.6 Å². The van der Waals surface area contributed by atoms with Crippen LogP contribution in [0.15, 0.2) is 12.1 Å². The minimum atomic E-state index is -4.24. The monoisotopic (exact) mass is 341 g/mol. The highest BCUT2D eigenvalue weighted by atomic mass is 19.4. The number of hydrogen-bond acceptors (Lipinski definition) is 3. The zero-order valence-corrected chi connectivity index (χ0v) is 13.7. The van der Waals surface area contributed by atoms with Crippen molar-refractivity contribution in [1.29, 1.82) is 0 Å². The van der Waals surface area contributed by atoms with Crippen LogP contribution in [0, 0.1) is 0 Å². The van der Waals surface area contributed by atoms with Crippen LogP contribution in [-0.2, 0) is 6.54 Å². The molecule has 1 atom stereocenters. The summed E-state index contributed by atoms with van der Waals surface area (Å²) < 4.78 is 39.1. The lowest BCUT2D eigenvalue weighted by molar-refractivity contribution is -0.138. The van der Waals surface area contributed by atoms with Crippen LogP contribution in [-0.4, -0.2) is 38.3 Å². The molecule has 2 N–H and O–H groups in total. The number of benzene rings is 1. The first-order chi connectivity index (χ1) is 11.4. The van der Waals surface area contributed by atoms with E-state index in [2.05, 4.69) is 10.6 Å². The summed E-state index contributed by atoms with van der Waals surface area (Å²) in [4.78, 5) is 14.5. The van der Waals surface area contributed by atoms with Crippen LogP contribution in [0.25, 0.3) is 0 Å². The van der Waals surface area contributed by atoms with Crippen molar-refractivity contribution in [1.82, 2.24) is 10.6 Å². The lowest BCUT2D eigenvalue weighted by Crippen LogP contribution is -2.29. The fraction of sp³-hybridized carbons (Fsp3) is 0.588. The molecule has 1 aromatic rings. The molecule has 7 heteroatoms. The highest BCUT2D eigenvalue weighted by Gasteiger charge is 2.41. The minimum absolute atomic E-state index is 0.277. The topological polar surface area (TPSA) is 44.4 Å². The van der Waals surface area contributed by atoms with E-state index in [4.69, 9.17) is 0 Å². The Balaban J connectivity index is 2.04. The van der Waals surface area contributed by atoms with Gasteiger partial charge in [0.1, 0.15) is 0 Å². The molecule has 1 amide bonds. The molecule has 0 bridgehead atoms. The Hall–Kier alpha value is -1.76. The second-order valence-electron chi connectivity index (χ2n) is 6.43. The van der Waals surface area contributed by atoms with E-state index in [0.717, 1.165) is 24.2 Å². The van der Waals surface area contributed by atoms with Gasteiger partial charge in [-0.2, -0.15) is 13.2 Å². The van der Waals surface area contributed by atoms with Gasteiger partial charge in [-0.15, -0.1) is 0 Å². The SMILES string of the molecule is CCCNC(=O)c1ccc2c3c1[C@@H](CC(F)(F)F)CN3CCNC2. The Kier molecular flexibility index (Phi) is 4.71. The number of alkyl halides is 3. The lowest BCUT2D eigenvalue weighted by atomic mass is 9.90. The first kappa shape index (κ1) is 17.1. The second kappa shape index (κ2) is 6.63. The van der Waals surface area contributed by atoms with E-state index < -0.39 is 18.5 Å². The molecular formula is C17H22F3N3O. The first-order valence-electron chi connectivity index (χ1n) is 8.37. The van der Waals surface area contributed by atoms with Crippen LogP contribution in [0.3, 0.4) is 0 Å². The van der Waals surface area contributed by atoms with E-state index in [0.29, 0.717) is 37.3 Å². The number of anilines is 1. The number of amides is 1. The molecule has 0 unspecified atom stereocenters. The average molecular weight is 341 g/mol. The number of carbonyl (C=O) groups is 1. The summed E-state index contributed by atoms with van der Waals surface area (Å²) in [6.07, 6.45) is -4.34. The molecule has 3 rings (SSSR count). The molecular weight excluding hydrogens is 319 g/mol. The van der Waals surface area contributed by atoms with Crippen LogP contribution in [0.1, 0.15) is 47.2 Å². The van der Waals surface area contributed by atoms with Crippen LogP contribution in [0.2, 0.25) is 0 Å². The Labute approximate surface area is 139 Å². The van der Waals surface area contributed by atoms with Crippen molar-refractivity contribution in [3.8, 4) is 0 Å². The van der Waals surface area contributed by atoms with Crippen molar-refractivity contribution in [2.45, 2.75) is 38.4 Å². The summed E-state index contributed by atoms with van der Waals surface area (Å²) in [6.45, 7) is 4.79. The van der Waals surface area contributed by atoms with Gasteiger partial charge in [0.15, 0.2) is 0 Å². The van der Waals surface area contributed by atoms with E-state index in [1.807, 2.05) is 17.9 Å². The number of nitrogens with one attached hydrogen (secondary N) is 2. The maximum Gasteiger partial charge on any atom is 0.389 e. The zero-order valence-electron chi connectivity index (χ0n) is 13.7. The van der Waals surface area contributed by atoms with E-state index in [1.54, 1.807) is 6.07 Å². The maximum atomic E-state index is 13.0. The van der Waals surface area contributed by atoms with Crippen LogP contribution in [0.4, 0.5) is 18.9 Å². The summed E-state index contributed by atoms with van der Waals surface area (Å²) in [5.74, 6) is -0.957. The quantitative estimate of drug-likeness (QED) is 0.885. The largest absolute Gasteiger partial charge is 0.389 e. The van der Waals surface area contributed by atoms with Gasteiger partial charge in [-0.25, -0.2) is 0 Å². The van der Waals surface area contributed by atoms with Gasteiger partial charge in [0.25, 0.3) is 5.91 Å². The van der Waals surface area contributed by atoms with E-state index >= 15 is 0 Å². The summed E-state index contributed by atoms with van der Waals surface area (Å²) >= 11 is 0. The van der Waals surface area contributed by atoms with Crippen molar-refractivity contribution in [2.24, 2.45) is 0 Å². The Bertz CT molecular complexity index is 630. The standard InChI is InChI=1S/C17H22F3N3O/c1-2-5-22-16(24)13-4-3-11-9-21-6-7-23-10-12(8-17(18,19)20)14(13)15(11)23/h3-4,12,21H,2,5-10H2,1H3,(H,22,24)/t12-/m0/s1. The Morgan fingerprint density at radius 3 is 2.92 bits per heavy atom. The van der Waals surface area contributed by atoms with Crippen molar-refractivity contribution in [3.05, 3.63) is 28.8 Å². The molecule has 0 saturated carbocycles. The molecule has 4 nitrogen and oxygen atoms in total. The van der Waals surface area contributed by atoms with Gasteiger partial charge in [-0.1, -0.05) is 13.0 Å². The predicted molar refractivity (Wildman–Crippen MR) is 86.4 cm³/mol. The molecule has 132 valence electrons. The Morgan fingerprint density at radius 2 is 2.21 bits per heavy atom. The van der Waals surface area contributed by atoms with Gasteiger partial charge in [0.2, 0.25) is 0 Å². The zero-order chi connectivity index (χ0) is 17.3. The van der Waals surface area contributed by atoms with Crippen molar-refractivity contribution in [2.75, 3.05) is 31.1 Å². The van der Waals surface area contributed by atoms with Gasteiger partial charge >= 0.3 is 6.18 Å². The smallest absolute Gasteiger partial charge is 0.369 e. The maximum absolute atomic E-state index is 13.0. The molecule has 24 heavy (non-hydrogen) atoms. The molecule has 0 spiro atoms. The molecule has 1 aromatic carbocycles. The van der Waals surface area contributed by atoms with Gasteiger partial charge in [-0.3, -0.25) is 4.79 Å². The van der Waals surface area contributed by atoms with Crippen molar-refractivity contribution < 1.29 is 18.0 Å². The number of carbonyl (C=O) groups excluding carboxylic acids is 1. The van der Waals surface area contributed by atoms with E-state index in [1.165, 1.54) is 0 Å². The molecule has 0 fully saturated rings. The fourth-order valence-corrected chi connectivity index (χ4v) is 3.65. The summed E-state index contributed by atoms with van der Waals surface area (Å²) in [5, 5.41) is 6.07. The van der Waals surface area contributed by atoms with Crippen LogP contribution in [0.5, 0.6) is 0 Å². The number of nitrogens with zero attached hydrogens (tertiary/aromatic N) is 1. The molecule has 2 heterocycles. The molecule has 0 aromatic heterocycles. The summed E-state index contributed by atoms with van der Waals surface area (Å²) in [7, 11) is 0. The summed E-state index contributed by atoms with van der Waals surface area (Å²) in [5.41, 5.74) is 2.76. The van der Waals surface area contributed by atoms with Crippen molar-refractivity contribution >= 4 is 11.6 Å². The molecule has 0 aliphatic carbocycles. The minimum Gasteiger partial charge on any atom is -0.369 e. The van der Waals surface area contributed by atoms with Crippen LogP contribution < -0.4 is 15.5 Å². The third-order valence-corrected chi connectivity index (χ3v) is 4.60. The van der Waals surface area contributed by atoms with E-state index in [9.17, 15) is 18.0 Å². The number of halogens is 3. The third kappa shape index (κ3) is 3.36. The van der Waals surface area contributed by atoms with Gasteiger partial charge in [0.05, 0.1) is 6.42 Å². The molecule has 0 radical (unpaired) electrons. The summed E-state index contributed by atoms with van der Waals surface area (Å²) in [6, 6.07) is 3.54. The van der Waals surface area contributed by atoms with E-state index in [-0.39, 0.29) is 5.91 Å². The van der Waals surface area contributed by atoms with Gasteiger partial charge < -0.3 is 15.5 Å². The van der Waals surface area contributed by atoms with Crippen LogP contribution >= 0.6 is 0 Å². The number of hydrogen-bond donors (Lipinski definition) is 2. The highest BCUT2D eigenvalue weighted by molar-refractivity contribution is 5.98. The average Bonchev–Trinajstić information content (AvgIpc) is 2.73. The van der Waals surface area contributed by atoms with Crippen molar-refractivity contribution in [3.63, 3.8) is 0 Å². The Morgan fingerprint density at radius 1 is 1.42 bits per heavy atom. The predicted octanol–water partition coefficient (Wildman–Crippen LogP) is 2.79. The molecule has 2 aliphatic heterocycles.